The van der Waals surface area contributed by atoms with Crippen molar-refractivity contribution in [1.29, 1.82) is 0 Å². The Labute approximate surface area is 145 Å². The third kappa shape index (κ3) is 4.35. The van der Waals surface area contributed by atoms with E-state index in [-0.39, 0.29) is 0 Å². The molecule has 0 aromatic heterocycles. The summed E-state index contributed by atoms with van der Waals surface area (Å²) in [5.41, 5.74) is 4.19. The predicted octanol–water partition coefficient (Wildman–Crippen LogP) is 4.11. The molecule has 0 aliphatic rings. The Bertz CT molecular complexity index is 901. The second kappa shape index (κ2) is 7.97. The number of ether oxygens (including phenoxy) is 2. The van der Waals surface area contributed by atoms with Crippen molar-refractivity contribution in [2.75, 3.05) is 7.11 Å². The quantitative estimate of drug-likeness (QED) is 0.564. The minimum atomic E-state index is -0.611. The van der Waals surface area contributed by atoms with Crippen LogP contribution in [0.3, 0.4) is 0 Å². The van der Waals surface area contributed by atoms with Crippen LogP contribution in [0.15, 0.2) is 71.8 Å². The fourth-order valence-electron chi connectivity index (χ4n) is 2.47. The maximum absolute atomic E-state index is 11.0. The molecule has 0 aliphatic heterocycles. The van der Waals surface area contributed by atoms with Crippen molar-refractivity contribution < 1.29 is 14.3 Å². The summed E-state index contributed by atoms with van der Waals surface area (Å²) >= 11 is 0. The molecular formula is C20H18N2O3. The van der Waals surface area contributed by atoms with E-state index in [0.717, 1.165) is 16.9 Å². The summed E-state index contributed by atoms with van der Waals surface area (Å²) in [6.45, 7) is 0.475. The molecule has 0 bridgehead atoms. The highest BCUT2D eigenvalue weighted by atomic mass is 16.5. The standard InChI is InChI=1S/C20H18N2O3/c1-24-20(23)22-21-13-15-6-4-10-18(12-15)25-14-17-9-5-8-16-7-2-3-11-19(16)17/h2-13H,14H2,1H3,(H,22,23). The molecule has 126 valence electrons. The number of methoxy groups -OCH3 is 1. The SMILES string of the molecule is COC(=O)NN=Cc1cccc(OCc2cccc3ccccc23)c1. The zero-order valence-electron chi connectivity index (χ0n) is 13.8. The van der Waals surface area contributed by atoms with E-state index in [9.17, 15) is 4.79 Å². The smallest absolute Gasteiger partial charge is 0.427 e. The summed E-state index contributed by atoms with van der Waals surface area (Å²) in [5.74, 6) is 0.731. The summed E-state index contributed by atoms with van der Waals surface area (Å²) in [6.07, 6.45) is 0.918. The maximum atomic E-state index is 11.0. The maximum Gasteiger partial charge on any atom is 0.427 e. The van der Waals surface area contributed by atoms with Crippen molar-refractivity contribution >= 4 is 23.1 Å². The number of hydrogen-bond donors (Lipinski definition) is 1. The highest BCUT2D eigenvalue weighted by Crippen LogP contribution is 2.21. The average Bonchev–Trinajstić information content (AvgIpc) is 2.66. The first-order chi connectivity index (χ1) is 12.3. The van der Waals surface area contributed by atoms with Crippen molar-refractivity contribution in [1.82, 2.24) is 5.43 Å². The average molecular weight is 334 g/mol. The number of fused-ring (bicyclic) bond motifs is 1. The van der Waals surface area contributed by atoms with E-state index in [4.69, 9.17) is 4.74 Å². The number of hydrogen-bond acceptors (Lipinski definition) is 4. The predicted molar refractivity (Wildman–Crippen MR) is 97.9 cm³/mol. The Balaban J connectivity index is 1.69. The van der Waals surface area contributed by atoms with E-state index in [1.807, 2.05) is 42.5 Å². The van der Waals surface area contributed by atoms with Gasteiger partial charge in [-0.2, -0.15) is 5.10 Å². The Kier molecular flexibility index (Phi) is 5.26. The van der Waals surface area contributed by atoms with Gasteiger partial charge >= 0.3 is 6.09 Å². The van der Waals surface area contributed by atoms with Crippen molar-refractivity contribution in [3.63, 3.8) is 0 Å². The lowest BCUT2D eigenvalue weighted by Gasteiger charge is -2.09. The molecule has 0 heterocycles. The van der Waals surface area contributed by atoms with Gasteiger partial charge in [-0.25, -0.2) is 10.2 Å². The lowest BCUT2D eigenvalue weighted by atomic mass is 10.1. The molecule has 5 heteroatoms. The van der Waals surface area contributed by atoms with E-state index in [2.05, 4.69) is 39.5 Å². The zero-order valence-corrected chi connectivity index (χ0v) is 13.8. The summed E-state index contributed by atoms with van der Waals surface area (Å²) in [4.78, 5) is 11.0. The Morgan fingerprint density at radius 2 is 1.88 bits per heavy atom. The number of amides is 1. The van der Waals surface area contributed by atoms with Gasteiger partial charge in [-0.05, 0) is 34.0 Å². The normalized spacial score (nSPS) is 10.8. The van der Waals surface area contributed by atoms with Crippen LogP contribution >= 0.6 is 0 Å². The van der Waals surface area contributed by atoms with Crippen LogP contribution in [-0.4, -0.2) is 19.4 Å². The molecule has 0 fully saturated rings. The lowest BCUT2D eigenvalue weighted by molar-refractivity contribution is 0.171. The lowest BCUT2D eigenvalue weighted by Crippen LogP contribution is -2.16. The Morgan fingerprint density at radius 3 is 2.76 bits per heavy atom. The third-order valence-corrected chi connectivity index (χ3v) is 3.69. The molecule has 3 rings (SSSR count). The van der Waals surface area contributed by atoms with Crippen LogP contribution in [0.1, 0.15) is 11.1 Å². The van der Waals surface area contributed by atoms with Crippen molar-refractivity contribution in [3.05, 3.63) is 77.9 Å². The van der Waals surface area contributed by atoms with Crippen molar-refractivity contribution in [2.24, 2.45) is 5.10 Å². The van der Waals surface area contributed by atoms with Gasteiger partial charge < -0.3 is 9.47 Å². The number of hydrazone groups is 1. The fourth-order valence-corrected chi connectivity index (χ4v) is 2.47. The van der Waals surface area contributed by atoms with Crippen LogP contribution in [0.25, 0.3) is 10.8 Å². The van der Waals surface area contributed by atoms with E-state index < -0.39 is 6.09 Å². The van der Waals surface area contributed by atoms with Gasteiger partial charge in [0.1, 0.15) is 12.4 Å². The molecular weight excluding hydrogens is 316 g/mol. The van der Waals surface area contributed by atoms with Gasteiger partial charge in [-0.1, -0.05) is 54.6 Å². The molecule has 0 unspecified atom stereocenters. The van der Waals surface area contributed by atoms with Gasteiger partial charge in [-0.15, -0.1) is 0 Å². The second-order valence-electron chi connectivity index (χ2n) is 5.36. The van der Waals surface area contributed by atoms with Crippen LogP contribution in [0, 0.1) is 0 Å². The van der Waals surface area contributed by atoms with Gasteiger partial charge in [0.2, 0.25) is 0 Å². The summed E-state index contributed by atoms with van der Waals surface area (Å²) in [6, 6.07) is 21.9. The first kappa shape index (κ1) is 16.5. The highest BCUT2D eigenvalue weighted by Gasteiger charge is 2.02. The number of carbonyl (C=O) groups excluding carboxylic acids is 1. The molecule has 25 heavy (non-hydrogen) atoms. The number of nitrogens with one attached hydrogen (secondary N) is 1. The molecule has 3 aromatic rings. The topological polar surface area (TPSA) is 59.9 Å². The van der Waals surface area contributed by atoms with Crippen molar-refractivity contribution in [2.45, 2.75) is 6.61 Å². The molecule has 1 amide bonds. The van der Waals surface area contributed by atoms with Crippen molar-refractivity contribution in [3.8, 4) is 5.75 Å². The molecule has 3 aromatic carbocycles. The first-order valence-corrected chi connectivity index (χ1v) is 7.83. The summed E-state index contributed by atoms with van der Waals surface area (Å²) < 4.78 is 10.4. The molecule has 0 saturated carbocycles. The van der Waals surface area contributed by atoms with Crippen LogP contribution in [0.5, 0.6) is 5.75 Å². The second-order valence-corrected chi connectivity index (χ2v) is 5.36. The highest BCUT2D eigenvalue weighted by molar-refractivity contribution is 5.85. The Morgan fingerprint density at radius 1 is 1.08 bits per heavy atom. The van der Waals surface area contributed by atoms with Gasteiger partial charge in [0, 0.05) is 0 Å². The monoisotopic (exact) mass is 334 g/mol. The van der Waals surface area contributed by atoms with Crippen LogP contribution < -0.4 is 10.2 Å². The minimum Gasteiger partial charge on any atom is -0.489 e. The molecule has 0 atom stereocenters. The summed E-state index contributed by atoms with van der Waals surface area (Å²) in [7, 11) is 1.28. The number of rotatable bonds is 5. The molecule has 1 N–H and O–H groups in total. The first-order valence-electron chi connectivity index (χ1n) is 7.83. The fraction of sp³-hybridized carbons (Fsp3) is 0.100. The minimum absolute atomic E-state index is 0.475. The van der Waals surface area contributed by atoms with Gasteiger partial charge in [-0.3, -0.25) is 0 Å². The van der Waals surface area contributed by atoms with Crippen LogP contribution in [0.4, 0.5) is 4.79 Å². The van der Waals surface area contributed by atoms with Crippen LogP contribution in [-0.2, 0) is 11.3 Å². The molecule has 5 nitrogen and oxygen atoms in total. The number of carbonyl (C=O) groups is 1. The van der Waals surface area contributed by atoms with Crippen LogP contribution in [0.2, 0.25) is 0 Å². The van der Waals surface area contributed by atoms with Gasteiger partial charge in [0.05, 0.1) is 13.3 Å². The summed E-state index contributed by atoms with van der Waals surface area (Å²) in [5, 5.41) is 6.19. The zero-order chi connectivity index (χ0) is 17.5. The molecule has 0 saturated heterocycles. The van der Waals surface area contributed by atoms with Gasteiger partial charge in [0.15, 0.2) is 0 Å². The Hall–Kier alpha value is -3.34. The largest absolute Gasteiger partial charge is 0.489 e. The molecule has 0 aliphatic carbocycles. The third-order valence-electron chi connectivity index (χ3n) is 3.69. The number of nitrogens with zero attached hydrogens (tertiary/aromatic N) is 1. The van der Waals surface area contributed by atoms with E-state index >= 15 is 0 Å². The molecule has 0 radical (unpaired) electrons. The number of benzene rings is 3. The van der Waals surface area contributed by atoms with E-state index in [1.165, 1.54) is 24.1 Å². The van der Waals surface area contributed by atoms with Gasteiger partial charge in [0.25, 0.3) is 0 Å². The van der Waals surface area contributed by atoms with E-state index in [1.54, 1.807) is 0 Å². The molecule has 0 spiro atoms. The van der Waals surface area contributed by atoms with E-state index in [0.29, 0.717) is 6.61 Å².